The highest BCUT2D eigenvalue weighted by Gasteiger charge is 2.29. The lowest BCUT2D eigenvalue weighted by molar-refractivity contribution is -0.119. The van der Waals surface area contributed by atoms with Crippen LogP contribution in [0, 0.1) is 5.82 Å². The number of amides is 5. The molecule has 0 radical (unpaired) electrons. The number of halogens is 1. The predicted octanol–water partition coefficient (Wildman–Crippen LogP) is 4.61. The number of nitrogens with one attached hydrogen (secondary N) is 3. The molecule has 0 atom stereocenters. The van der Waals surface area contributed by atoms with E-state index in [1.807, 2.05) is 4.90 Å². The molecule has 5 rings (SSSR count). The molecule has 3 aromatic rings. The summed E-state index contributed by atoms with van der Waals surface area (Å²) in [5, 5.41) is 7.68. The lowest BCUT2D eigenvalue weighted by Crippen LogP contribution is -2.51. The standard InChI is InChI=1S/C29H31FN6O4/c30-21-4-2-20(3-5-21)18-27(37)34-28(38)32-22-6-8-24(9-7-22)40-25-10-13-31-26(19-25)33-29(39)36-16-11-23(12-17-36)35-14-1-15-35/h2-10,13,19,23H,1,11-12,14-18H2,(H,31,33,39)(H2,32,34,37,38). The van der Waals surface area contributed by atoms with Gasteiger partial charge in [-0.2, -0.15) is 0 Å². The first-order valence-electron chi connectivity index (χ1n) is 13.3. The highest BCUT2D eigenvalue weighted by atomic mass is 19.1. The van der Waals surface area contributed by atoms with E-state index in [1.54, 1.807) is 42.6 Å². The van der Waals surface area contributed by atoms with Crippen molar-refractivity contribution in [2.45, 2.75) is 31.7 Å². The van der Waals surface area contributed by atoms with Crippen LogP contribution in [0.5, 0.6) is 11.5 Å². The number of rotatable bonds is 7. The number of anilines is 2. The summed E-state index contributed by atoms with van der Waals surface area (Å²) in [6, 6.07) is 15.1. The minimum atomic E-state index is -0.680. The molecule has 2 aliphatic rings. The first-order chi connectivity index (χ1) is 19.4. The smallest absolute Gasteiger partial charge is 0.325 e. The molecule has 11 heteroatoms. The number of urea groups is 2. The van der Waals surface area contributed by atoms with Crippen LogP contribution in [-0.2, 0) is 11.2 Å². The number of likely N-dealkylation sites (tertiary alicyclic amines) is 2. The fraction of sp³-hybridized carbons (Fsp3) is 0.310. The topological polar surface area (TPSA) is 116 Å². The number of hydrogen-bond donors (Lipinski definition) is 3. The van der Waals surface area contributed by atoms with Crippen LogP contribution in [0.25, 0.3) is 0 Å². The fourth-order valence-electron chi connectivity index (χ4n) is 4.73. The summed E-state index contributed by atoms with van der Waals surface area (Å²) in [4.78, 5) is 45.5. The molecule has 3 N–H and O–H groups in total. The number of hydrogen-bond acceptors (Lipinski definition) is 6. The van der Waals surface area contributed by atoms with Crippen molar-refractivity contribution in [1.29, 1.82) is 0 Å². The Bertz CT molecular complexity index is 1340. The van der Waals surface area contributed by atoms with E-state index in [1.165, 1.54) is 43.8 Å². The van der Waals surface area contributed by atoms with Crippen LogP contribution in [0.4, 0.5) is 25.5 Å². The quantitative estimate of drug-likeness (QED) is 0.399. The van der Waals surface area contributed by atoms with E-state index in [9.17, 15) is 18.8 Å². The Morgan fingerprint density at radius 1 is 0.900 bits per heavy atom. The molecule has 3 heterocycles. The van der Waals surface area contributed by atoms with Gasteiger partial charge in [0.05, 0.1) is 6.42 Å². The minimum absolute atomic E-state index is 0.0495. The van der Waals surface area contributed by atoms with Crippen molar-refractivity contribution < 1.29 is 23.5 Å². The summed E-state index contributed by atoms with van der Waals surface area (Å²) in [6.07, 6.45) is 4.76. The molecule has 2 fully saturated rings. The van der Waals surface area contributed by atoms with Gasteiger partial charge in [0, 0.05) is 37.1 Å². The predicted molar refractivity (Wildman–Crippen MR) is 148 cm³/mol. The third-order valence-corrected chi connectivity index (χ3v) is 7.00. The summed E-state index contributed by atoms with van der Waals surface area (Å²) in [5.74, 6) is 0.490. The van der Waals surface area contributed by atoms with Gasteiger partial charge in [0.15, 0.2) is 0 Å². The second-order valence-corrected chi connectivity index (χ2v) is 9.85. The zero-order valence-electron chi connectivity index (χ0n) is 21.9. The largest absolute Gasteiger partial charge is 0.457 e. The van der Waals surface area contributed by atoms with Crippen LogP contribution in [0.2, 0.25) is 0 Å². The number of benzene rings is 2. The summed E-state index contributed by atoms with van der Waals surface area (Å²) in [5.41, 5.74) is 1.05. The van der Waals surface area contributed by atoms with Crippen LogP contribution in [0.3, 0.4) is 0 Å². The zero-order valence-corrected chi connectivity index (χ0v) is 21.9. The summed E-state index contributed by atoms with van der Waals surface area (Å²) in [6.45, 7) is 3.79. The molecular weight excluding hydrogens is 515 g/mol. The number of carbonyl (C=O) groups excluding carboxylic acids is 3. The molecule has 2 saturated heterocycles. The summed E-state index contributed by atoms with van der Waals surface area (Å²) >= 11 is 0. The molecule has 0 bridgehead atoms. The molecule has 208 valence electrons. The number of ether oxygens (including phenoxy) is 1. The zero-order chi connectivity index (χ0) is 27.9. The molecular formula is C29H31FN6O4. The van der Waals surface area contributed by atoms with Gasteiger partial charge in [0.1, 0.15) is 23.1 Å². The number of piperidine rings is 1. The van der Waals surface area contributed by atoms with E-state index >= 15 is 0 Å². The maximum absolute atomic E-state index is 13.0. The Morgan fingerprint density at radius 3 is 2.30 bits per heavy atom. The van der Waals surface area contributed by atoms with Gasteiger partial charge in [0.2, 0.25) is 5.91 Å². The second kappa shape index (κ2) is 12.6. The van der Waals surface area contributed by atoms with Crippen LogP contribution in [0.15, 0.2) is 66.9 Å². The normalized spacial score (nSPS) is 15.6. The fourth-order valence-corrected chi connectivity index (χ4v) is 4.73. The van der Waals surface area contributed by atoms with Gasteiger partial charge in [-0.1, -0.05) is 12.1 Å². The van der Waals surface area contributed by atoms with E-state index in [-0.39, 0.29) is 12.5 Å². The van der Waals surface area contributed by atoms with E-state index < -0.39 is 17.8 Å². The van der Waals surface area contributed by atoms with E-state index in [0.29, 0.717) is 34.6 Å². The van der Waals surface area contributed by atoms with Crippen LogP contribution in [-0.4, -0.2) is 65.0 Å². The third kappa shape index (κ3) is 7.32. The molecule has 0 saturated carbocycles. The molecule has 0 spiro atoms. The van der Waals surface area contributed by atoms with Crippen molar-refractivity contribution >= 4 is 29.5 Å². The first kappa shape index (κ1) is 27.1. The Labute approximate surface area is 231 Å². The van der Waals surface area contributed by atoms with E-state index in [2.05, 4.69) is 25.8 Å². The maximum Gasteiger partial charge on any atom is 0.325 e. The molecule has 2 aromatic carbocycles. The van der Waals surface area contributed by atoms with Gasteiger partial charge in [0.25, 0.3) is 0 Å². The third-order valence-electron chi connectivity index (χ3n) is 7.00. The van der Waals surface area contributed by atoms with Crippen LogP contribution < -0.4 is 20.7 Å². The van der Waals surface area contributed by atoms with Gasteiger partial charge in [-0.25, -0.2) is 19.0 Å². The lowest BCUT2D eigenvalue weighted by Gasteiger charge is -2.42. The Hall–Kier alpha value is -4.51. The summed E-state index contributed by atoms with van der Waals surface area (Å²) in [7, 11) is 0. The lowest BCUT2D eigenvalue weighted by atomic mass is 10.00. The van der Waals surface area contributed by atoms with Crippen molar-refractivity contribution in [1.82, 2.24) is 20.1 Å². The van der Waals surface area contributed by atoms with Crippen LogP contribution >= 0.6 is 0 Å². The van der Waals surface area contributed by atoms with Gasteiger partial charge in [-0.3, -0.25) is 15.4 Å². The Kier molecular flexibility index (Phi) is 8.50. The van der Waals surface area contributed by atoms with Crippen LogP contribution in [0.1, 0.15) is 24.8 Å². The molecule has 0 unspecified atom stereocenters. The van der Waals surface area contributed by atoms with Gasteiger partial charge < -0.3 is 19.9 Å². The highest BCUT2D eigenvalue weighted by Crippen LogP contribution is 2.25. The monoisotopic (exact) mass is 546 g/mol. The van der Waals surface area contributed by atoms with Gasteiger partial charge in [-0.15, -0.1) is 0 Å². The van der Waals surface area contributed by atoms with Gasteiger partial charge >= 0.3 is 12.1 Å². The molecule has 0 aliphatic carbocycles. The molecule has 1 aromatic heterocycles. The molecule has 10 nitrogen and oxygen atoms in total. The highest BCUT2D eigenvalue weighted by molar-refractivity contribution is 6.01. The van der Waals surface area contributed by atoms with Crippen molar-refractivity contribution in [3.05, 3.63) is 78.2 Å². The molecule has 2 aliphatic heterocycles. The second-order valence-electron chi connectivity index (χ2n) is 9.85. The van der Waals surface area contributed by atoms with E-state index in [0.717, 1.165) is 25.9 Å². The van der Waals surface area contributed by atoms with Crippen molar-refractivity contribution in [3.63, 3.8) is 0 Å². The summed E-state index contributed by atoms with van der Waals surface area (Å²) < 4.78 is 18.9. The Balaban J connectivity index is 1.07. The number of carbonyl (C=O) groups is 3. The number of pyridine rings is 1. The number of imide groups is 1. The van der Waals surface area contributed by atoms with E-state index in [4.69, 9.17) is 4.74 Å². The maximum atomic E-state index is 13.0. The molecule has 5 amide bonds. The SMILES string of the molecule is O=C(Cc1ccc(F)cc1)NC(=O)Nc1ccc(Oc2ccnc(NC(=O)N3CCC(N4CCC4)CC3)c2)cc1. The average Bonchev–Trinajstić information content (AvgIpc) is 2.91. The van der Waals surface area contributed by atoms with Gasteiger partial charge in [-0.05, 0) is 80.4 Å². The number of nitrogens with zero attached hydrogens (tertiary/aromatic N) is 3. The van der Waals surface area contributed by atoms with Crippen molar-refractivity contribution in [3.8, 4) is 11.5 Å². The van der Waals surface area contributed by atoms with Crippen molar-refractivity contribution in [2.24, 2.45) is 0 Å². The van der Waals surface area contributed by atoms with Crippen molar-refractivity contribution in [2.75, 3.05) is 36.8 Å². The molecule has 40 heavy (non-hydrogen) atoms. The Morgan fingerprint density at radius 2 is 1.62 bits per heavy atom. The minimum Gasteiger partial charge on any atom is -0.457 e. The number of aromatic nitrogens is 1. The first-order valence-corrected chi connectivity index (χ1v) is 13.3. The average molecular weight is 547 g/mol.